The Morgan fingerprint density at radius 1 is 1.06 bits per heavy atom. The number of nitrogens with one attached hydrogen (secondary N) is 1. The third-order valence-corrected chi connectivity index (χ3v) is 5.42. The first-order valence-corrected chi connectivity index (χ1v) is 10.5. The maximum atomic E-state index is 12.7. The summed E-state index contributed by atoms with van der Waals surface area (Å²) < 4.78 is 11.1. The first-order valence-electron chi connectivity index (χ1n) is 9.71. The predicted octanol–water partition coefficient (Wildman–Crippen LogP) is 7.19. The molecule has 0 saturated carbocycles. The van der Waals surface area contributed by atoms with Crippen molar-refractivity contribution in [2.45, 2.75) is 19.8 Å². The van der Waals surface area contributed by atoms with Crippen LogP contribution in [0.5, 0.6) is 5.75 Å². The number of aromatic nitrogens is 1. The van der Waals surface area contributed by atoms with E-state index < -0.39 is 0 Å². The minimum absolute atomic E-state index is 0.254. The van der Waals surface area contributed by atoms with Gasteiger partial charge in [-0.05, 0) is 60.0 Å². The van der Waals surface area contributed by atoms with Crippen molar-refractivity contribution >= 4 is 45.9 Å². The molecular formula is C24H20Cl2N2O3. The van der Waals surface area contributed by atoms with Crippen LogP contribution in [0.3, 0.4) is 0 Å². The highest BCUT2D eigenvalue weighted by molar-refractivity contribution is 6.36. The molecule has 0 radical (unpaired) electrons. The number of amides is 1. The van der Waals surface area contributed by atoms with E-state index in [-0.39, 0.29) is 22.2 Å². The zero-order valence-corrected chi connectivity index (χ0v) is 18.7. The van der Waals surface area contributed by atoms with Gasteiger partial charge in [-0.25, -0.2) is 4.98 Å². The number of ether oxygens (including phenoxy) is 1. The van der Waals surface area contributed by atoms with Crippen LogP contribution in [-0.4, -0.2) is 18.0 Å². The summed E-state index contributed by atoms with van der Waals surface area (Å²) >= 11 is 12.2. The molecule has 0 aliphatic carbocycles. The van der Waals surface area contributed by atoms with E-state index in [9.17, 15) is 4.79 Å². The molecule has 7 heteroatoms. The molecule has 3 aromatic carbocycles. The fraction of sp³-hybridized carbons (Fsp3) is 0.167. The van der Waals surface area contributed by atoms with Gasteiger partial charge in [-0.1, -0.05) is 43.1 Å². The van der Waals surface area contributed by atoms with Crippen molar-refractivity contribution in [2.75, 3.05) is 12.4 Å². The fourth-order valence-corrected chi connectivity index (χ4v) is 3.83. The molecule has 0 unspecified atom stereocenters. The SMILES string of the molecule is COc1c(Cl)cc(Cl)cc1C(=O)Nc1ccc(-c2nc3cc(C(C)C)ccc3o2)cc1. The highest BCUT2D eigenvalue weighted by Crippen LogP contribution is 2.33. The number of methoxy groups -OCH3 is 1. The van der Waals surface area contributed by atoms with E-state index in [2.05, 4.69) is 30.2 Å². The number of benzene rings is 3. The maximum absolute atomic E-state index is 12.7. The molecule has 0 aliphatic heterocycles. The second-order valence-corrected chi connectivity index (χ2v) is 8.24. The molecule has 0 fully saturated rings. The maximum Gasteiger partial charge on any atom is 0.259 e. The lowest BCUT2D eigenvalue weighted by molar-refractivity contribution is 0.102. The van der Waals surface area contributed by atoms with Crippen LogP contribution >= 0.6 is 23.2 Å². The van der Waals surface area contributed by atoms with Crippen molar-refractivity contribution in [2.24, 2.45) is 0 Å². The summed E-state index contributed by atoms with van der Waals surface area (Å²) in [6, 6.07) is 16.3. The van der Waals surface area contributed by atoms with Crippen LogP contribution in [0, 0.1) is 0 Å². The highest BCUT2D eigenvalue weighted by atomic mass is 35.5. The summed E-state index contributed by atoms with van der Waals surface area (Å²) in [7, 11) is 1.45. The molecule has 1 N–H and O–H groups in total. The lowest BCUT2D eigenvalue weighted by atomic mass is 10.0. The summed E-state index contributed by atoms with van der Waals surface area (Å²) in [5.74, 6) is 0.835. The Hall–Kier alpha value is -3.02. The van der Waals surface area contributed by atoms with Gasteiger partial charge >= 0.3 is 0 Å². The normalized spacial score (nSPS) is 11.2. The Bertz CT molecular complexity index is 1260. The summed E-state index contributed by atoms with van der Waals surface area (Å²) in [5, 5.41) is 3.45. The minimum atomic E-state index is -0.378. The van der Waals surface area contributed by atoms with Gasteiger partial charge in [0.05, 0.1) is 17.7 Å². The summed E-state index contributed by atoms with van der Waals surface area (Å²) in [6.07, 6.45) is 0. The van der Waals surface area contributed by atoms with E-state index in [0.717, 1.165) is 16.7 Å². The molecule has 0 aliphatic rings. The summed E-state index contributed by atoms with van der Waals surface area (Å²) in [6.45, 7) is 4.28. The van der Waals surface area contributed by atoms with Crippen molar-refractivity contribution in [3.63, 3.8) is 0 Å². The van der Waals surface area contributed by atoms with Gasteiger partial charge in [-0.2, -0.15) is 0 Å². The van der Waals surface area contributed by atoms with Crippen LogP contribution in [0.1, 0.15) is 35.7 Å². The Morgan fingerprint density at radius 3 is 2.48 bits per heavy atom. The second-order valence-electron chi connectivity index (χ2n) is 7.40. The third-order valence-electron chi connectivity index (χ3n) is 4.93. The van der Waals surface area contributed by atoms with Crippen LogP contribution < -0.4 is 10.1 Å². The van der Waals surface area contributed by atoms with Gasteiger partial charge in [0, 0.05) is 16.3 Å². The Morgan fingerprint density at radius 2 is 1.81 bits per heavy atom. The number of fused-ring (bicyclic) bond motifs is 1. The summed E-state index contributed by atoms with van der Waals surface area (Å²) in [4.78, 5) is 17.3. The molecule has 5 nitrogen and oxygen atoms in total. The lowest BCUT2D eigenvalue weighted by Gasteiger charge is -2.11. The van der Waals surface area contributed by atoms with Gasteiger partial charge in [0.25, 0.3) is 5.91 Å². The molecule has 1 amide bonds. The molecule has 158 valence electrons. The standard InChI is InChI=1S/C24H20Cl2N2O3/c1-13(2)15-6-9-21-20(10-15)28-24(31-21)14-4-7-17(8-5-14)27-23(29)18-11-16(25)12-19(26)22(18)30-3/h4-13H,1-3H3,(H,27,29). The number of carbonyl (C=O) groups excluding carboxylic acids is 1. The molecule has 0 saturated heterocycles. The first kappa shape index (κ1) is 21.2. The first-order chi connectivity index (χ1) is 14.9. The van der Waals surface area contributed by atoms with Crippen molar-refractivity contribution in [1.82, 2.24) is 4.98 Å². The number of rotatable bonds is 5. The molecule has 0 bridgehead atoms. The molecule has 31 heavy (non-hydrogen) atoms. The van der Waals surface area contributed by atoms with E-state index in [4.69, 9.17) is 32.4 Å². The number of hydrogen-bond donors (Lipinski definition) is 1. The number of halogens is 2. The van der Waals surface area contributed by atoms with E-state index in [1.807, 2.05) is 24.3 Å². The fourth-order valence-electron chi connectivity index (χ4n) is 3.26. The van der Waals surface area contributed by atoms with Crippen LogP contribution in [-0.2, 0) is 0 Å². The van der Waals surface area contributed by atoms with E-state index in [1.165, 1.54) is 24.8 Å². The smallest absolute Gasteiger partial charge is 0.259 e. The highest BCUT2D eigenvalue weighted by Gasteiger charge is 2.17. The van der Waals surface area contributed by atoms with Gasteiger partial charge in [0.1, 0.15) is 11.3 Å². The molecule has 0 atom stereocenters. The monoisotopic (exact) mass is 454 g/mol. The Balaban J connectivity index is 1.56. The minimum Gasteiger partial charge on any atom is -0.494 e. The second kappa shape index (κ2) is 8.61. The van der Waals surface area contributed by atoms with E-state index in [1.54, 1.807) is 12.1 Å². The molecule has 0 spiro atoms. The number of oxazole rings is 1. The quantitative estimate of drug-likeness (QED) is 0.346. The molecular weight excluding hydrogens is 435 g/mol. The van der Waals surface area contributed by atoms with Crippen LogP contribution in [0.2, 0.25) is 10.0 Å². The van der Waals surface area contributed by atoms with Crippen LogP contribution in [0.15, 0.2) is 59.0 Å². The number of anilines is 1. The Kier molecular flexibility index (Phi) is 5.90. The van der Waals surface area contributed by atoms with Crippen molar-refractivity contribution in [3.8, 4) is 17.2 Å². The molecule has 4 aromatic rings. The van der Waals surface area contributed by atoms with Gasteiger partial charge < -0.3 is 14.5 Å². The largest absolute Gasteiger partial charge is 0.494 e. The molecule has 1 heterocycles. The van der Waals surface area contributed by atoms with Gasteiger partial charge in [0.15, 0.2) is 5.58 Å². The van der Waals surface area contributed by atoms with Crippen LogP contribution in [0.25, 0.3) is 22.6 Å². The number of carbonyl (C=O) groups is 1. The zero-order chi connectivity index (χ0) is 22.1. The van der Waals surface area contributed by atoms with Crippen molar-refractivity contribution in [1.29, 1.82) is 0 Å². The average Bonchev–Trinajstić information content (AvgIpc) is 3.17. The summed E-state index contributed by atoms with van der Waals surface area (Å²) in [5.41, 5.74) is 4.44. The van der Waals surface area contributed by atoms with Crippen molar-refractivity contribution in [3.05, 3.63) is 75.8 Å². The van der Waals surface area contributed by atoms with Gasteiger partial charge in [-0.3, -0.25) is 4.79 Å². The number of hydrogen-bond acceptors (Lipinski definition) is 4. The molecule has 1 aromatic heterocycles. The van der Waals surface area contributed by atoms with Crippen molar-refractivity contribution < 1.29 is 13.9 Å². The molecule has 4 rings (SSSR count). The number of nitrogens with zero attached hydrogens (tertiary/aromatic N) is 1. The van der Waals surface area contributed by atoms with Gasteiger partial charge in [-0.15, -0.1) is 0 Å². The Labute approximate surface area is 189 Å². The lowest BCUT2D eigenvalue weighted by Crippen LogP contribution is -2.13. The van der Waals surface area contributed by atoms with E-state index in [0.29, 0.717) is 22.5 Å². The van der Waals surface area contributed by atoms with Gasteiger partial charge in [0.2, 0.25) is 5.89 Å². The van der Waals surface area contributed by atoms with Crippen LogP contribution in [0.4, 0.5) is 5.69 Å². The average molecular weight is 455 g/mol. The third kappa shape index (κ3) is 4.38. The predicted molar refractivity (Wildman–Crippen MR) is 125 cm³/mol. The van der Waals surface area contributed by atoms with E-state index >= 15 is 0 Å². The zero-order valence-electron chi connectivity index (χ0n) is 17.2. The topological polar surface area (TPSA) is 64.4 Å².